The van der Waals surface area contributed by atoms with Gasteiger partial charge in [0.1, 0.15) is 0 Å². The maximum absolute atomic E-state index is 5.90. The maximum atomic E-state index is 5.90. The highest BCUT2D eigenvalue weighted by molar-refractivity contribution is 5.44. The normalized spacial score (nSPS) is 24.4. The van der Waals surface area contributed by atoms with Crippen LogP contribution in [0.25, 0.3) is 0 Å². The molecular weight excluding hydrogens is 214 g/mol. The molecule has 0 unspecified atom stereocenters. The van der Waals surface area contributed by atoms with Gasteiger partial charge in [0, 0.05) is 30.5 Å². The first-order chi connectivity index (χ1) is 8.28. The van der Waals surface area contributed by atoms with Crippen LogP contribution in [0.15, 0.2) is 18.3 Å². The number of nitrogens with two attached hydrogens (primary N) is 1. The molecule has 0 radical (unpaired) electrons. The fourth-order valence-corrected chi connectivity index (χ4v) is 2.29. The SMILES string of the molecule is COc1cc(NCC2CCC(N)CC2)ccn1. The van der Waals surface area contributed by atoms with Crippen molar-refractivity contribution in [3.05, 3.63) is 18.3 Å². The minimum absolute atomic E-state index is 0.423. The van der Waals surface area contributed by atoms with Crippen LogP contribution >= 0.6 is 0 Å². The zero-order valence-corrected chi connectivity index (χ0v) is 10.4. The number of aromatic nitrogens is 1. The van der Waals surface area contributed by atoms with Crippen molar-refractivity contribution in [3.8, 4) is 5.88 Å². The molecule has 0 bridgehead atoms. The zero-order valence-electron chi connectivity index (χ0n) is 10.4. The molecule has 94 valence electrons. The van der Waals surface area contributed by atoms with Crippen molar-refractivity contribution in [2.75, 3.05) is 19.0 Å². The van der Waals surface area contributed by atoms with Gasteiger partial charge < -0.3 is 15.8 Å². The molecule has 3 N–H and O–H groups in total. The van der Waals surface area contributed by atoms with E-state index in [9.17, 15) is 0 Å². The van der Waals surface area contributed by atoms with E-state index in [4.69, 9.17) is 10.5 Å². The number of hydrogen-bond donors (Lipinski definition) is 2. The molecule has 17 heavy (non-hydrogen) atoms. The first kappa shape index (κ1) is 12.2. The standard InChI is InChI=1S/C13H21N3O/c1-17-13-8-12(6-7-15-13)16-9-10-2-4-11(14)5-3-10/h6-8,10-11H,2-5,9,14H2,1H3,(H,15,16). The second-order valence-corrected chi connectivity index (χ2v) is 4.75. The first-order valence-corrected chi connectivity index (χ1v) is 6.27. The lowest BCUT2D eigenvalue weighted by atomic mass is 9.86. The Kier molecular flexibility index (Phi) is 4.20. The van der Waals surface area contributed by atoms with Crippen molar-refractivity contribution in [2.45, 2.75) is 31.7 Å². The number of hydrogen-bond acceptors (Lipinski definition) is 4. The molecule has 0 aliphatic heterocycles. The molecule has 1 aromatic heterocycles. The van der Waals surface area contributed by atoms with E-state index in [1.165, 1.54) is 12.8 Å². The molecule has 1 heterocycles. The highest BCUT2D eigenvalue weighted by Crippen LogP contribution is 2.24. The summed E-state index contributed by atoms with van der Waals surface area (Å²) in [5.41, 5.74) is 6.97. The summed E-state index contributed by atoms with van der Waals surface area (Å²) in [4.78, 5) is 4.08. The lowest BCUT2D eigenvalue weighted by Crippen LogP contribution is -2.29. The maximum Gasteiger partial charge on any atom is 0.214 e. The third-order valence-corrected chi connectivity index (χ3v) is 3.43. The van der Waals surface area contributed by atoms with Crippen LogP contribution in [0.5, 0.6) is 5.88 Å². The van der Waals surface area contributed by atoms with Gasteiger partial charge in [-0.3, -0.25) is 0 Å². The largest absolute Gasteiger partial charge is 0.481 e. The van der Waals surface area contributed by atoms with Crippen LogP contribution in [-0.4, -0.2) is 24.7 Å². The smallest absolute Gasteiger partial charge is 0.214 e. The number of anilines is 1. The molecule has 1 aliphatic rings. The van der Waals surface area contributed by atoms with E-state index < -0.39 is 0 Å². The molecule has 0 spiro atoms. The van der Waals surface area contributed by atoms with Crippen molar-refractivity contribution in [2.24, 2.45) is 11.7 Å². The number of nitrogens with one attached hydrogen (secondary N) is 1. The third-order valence-electron chi connectivity index (χ3n) is 3.43. The monoisotopic (exact) mass is 235 g/mol. The van der Waals surface area contributed by atoms with Gasteiger partial charge in [-0.2, -0.15) is 0 Å². The molecule has 2 rings (SSSR count). The van der Waals surface area contributed by atoms with Gasteiger partial charge in [-0.1, -0.05) is 0 Å². The summed E-state index contributed by atoms with van der Waals surface area (Å²) in [7, 11) is 1.63. The van der Waals surface area contributed by atoms with Gasteiger partial charge in [-0.15, -0.1) is 0 Å². The summed E-state index contributed by atoms with van der Waals surface area (Å²) < 4.78 is 5.09. The van der Waals surface area contributed by atoms with E-state index in [1.54, 1.807) is 13.3 Å². The average Bonchev–Trinajstić information content (AvgIpc) is 2.38. The van der Waals surface area contributed by atoms with Gasteiger partial charge in [-0.25, -0.2) is 4.98 Å². The number of pyridine rings is 1. The van der Waals surface area contributed by atoms with Gasteiger partial charge in [-0.05, 0) is 37.7 Å². The number of ether oxygens (including phenoxy) is 1. The van der Waals surface area contributed by atoms with Gasteiger partial charge in [0.25, 0.3) is 0 Å². The fraction of sp³-hybridized carbons (Fsp3) is 0.615. The predicted molar refractivity (Wildman–Crippen MR) is 69.2 cm³/mol. The summed E-state index contributed by atoms with van der Waals surface area (Å²) in [6.07, 6.45) is 6.54. The minimum Gasteiger partial charge on any atom is -0.481 e. The average molecular weight is 235 g/mol. The summed E-state index contributed by atoms with van der Waals surface area (Å²) in [5.74, 6) is 1.40. The van der Waals surface area contributed by atoms with Crippen molar-refractivity contribution in [1.29, 1.82) is 0 Å². The molecule has 1 aliphatic carbocycles. The topological polar surface area (TPSA) is 60.2 Å². The Morgan fingerprint density at radius 1 is 1.41 bits per heavy atom. The number of nitrogens with zero attached hydrogens (tertiary/aromatic N) is 1. The van der Waals surface area contributed by atoms with Crippen molar-refractivity contribution >= 4 is 5.69 Å². The highest BCUT2D eigenvalue weighted by atomic mass is 16.5. The van der Waals surface area contributed by atoms with Crippen LogP contribution in [0.3, 0.4) is 0 Å². The van der Waals surface area contributed by atoms with Gasteiger partial charge >= 0.3 is 0 Å². The van der Waals surface area contributed by atoms with E-state index in [0.717, 1.165) is 31.0 Å². The van der Waals surface area contributed by atoms with Gasteiger partial charge in [0.15, 0.2) is 0 Å². The summed E-state index contributed by atoms with van der Waals surface area (Å²) >= 11 is 0. The molecule has 0 saturated heterocycles. The van der Waals surface area contributed by atoms with Crippen molar-refractivity contribution in [1.82, 2.24) is 4.98 Å². The Balaban J connectivity index is 1.81. The predicted octanol–water partition coefficient (Wildman–Crippen LogP) is 2.02. The van der Waals surface area contributed by atoms with Crippen LogP contribution in [0.4, 0.5) is 5.69 Å². The summed E-state index contributed by atoms with van der Waals surface area (Å²) in [6, 6.07) is 4.32. The van der Waals surface area contributed by atoms with Crippen LogP contribution in [0, 0.1) is 5.92 Å². The Morgan fingerprint density at radius 2 is 2.18 bits per heavy atom. The van der Waals surface area contributed by atoms with Gasteiger partial charge in [0.05, 0.1) is 7.11 Å². The second kappa shape index (κ2) is 5.87. The Hall–Kier alpha value is -1.29. The third kappa shape index (κ3) is 3.60. The lowest BCUT2D eigenvalue weighted by molar-refractivity contribution is 0.338. The Morgan fingerprint density at radius 3 is 2.88 bits per heavy atom. The van der Waals surface area contributed by atoms with E-state index in [0.29, 0.717) is 11.9 Å². The highest BCUT2D eigenvalue weighted by Gasteiger charge is 2.17. The Bertz CT molecular complexity index is 348. The molecule has 0 atom stereocenters. The van der Waals surface area contributed by atoms with Crippen molar-refractivity contribution in [3.63, 3.8) is 0 Å². The molecule has 1 aromatic rings. The molecule has 0 amide bonds. The van der Waals surface area contributed by atoms with E-state index >= 15 is 0 Å². The summed E-state index contributed by atoms with van der Waals surface area (Å²) in [5, 5.41) is 3.44. The molecule has 1 fully saturated rings. The van der Waals surface area contributed by atoms with E-state index in [-0.39, 0.29) is 0 Å². The fourth-order valence-electron chi connectivity index (χ4n) is 2.29. The van der Waals surface area contributed by atoms with E-state index in [2.05, 4.69) is 10.3 Å². The second-order valence-electron chi connectivity index (χ2n) is 4.75. The first-order valence-electron chi connectivity index (χ1n) is 6.27. The van der Waals surface area contributed by atoms with E-state index in [1.807, 2.05) is 12.1 Å². The van der Waals surface area contributed by atoms with Gasteiger partial charge in [0.2, 0.25) is 5.88 Å². The Labute approximate surface area is 103 Å². The van der Waals surface area contributed by atoms with Crippen LogP contribution in [-0.2, 0) is 0 Å². The lowest BCUT2D eigenvalue weighted by Gasteiger charge is -2.26. The molecule has 1 saturated carbocycles. The zero-order chi connectivity index (χ0) is 12.1. The minimum atomic E-state index is 0.423. The quantitative estimate of drug-likeness (QED) is 0.838. The number of rotatable bonds is 4. The molecule has 4 heteroatoms. The summed E-state index contributed by atoms with van der Waals surface area (Å²) in [6.45, 7) is 1.01. The van der Waals surface area contributed by atoms with Crippen LogP contribution < -0.4 is 15.8 Å². The molecule has 0 aromatic carbocycles. The molecular formula is C13H21N3O. The number of methoxy groups -OCH3 is 1. The van der Waals surface area contributed by atoms with Crippen LogP contribution in [0.2, 0.25) is 0 Å². The van der Waals surface area contributed by atoms with Crippen LogP contribution in [0.1, 0.15) is 25.7 Å². The molecule has 4 nitrogen and oxygen atoms in total. The van der Waals surface area contributed by atoms with Crippen molar-refractivity contribution < 1.29 is 4.74 Å².